The number of hydrogen-bond acceptors (Lipinski definition) is 4. The molecule has 4 N–H and O–H groups in total. The molecule has 0 radical (unpaired) electrons. The van der Waals surface area contributed by atoms with Crippen LogP contribution in [0.1, 0.15) is 25.0 Å². The van der Waals surface area contributed by atoms with E-state index < -0.39 is 5.60 Å². The average Bonchev–Trinajstić information content (AvgIpc) is 2.72. The predicted molar refractivity (Wildman–Crippen MR) is 116 cm³/mol. The van der Waals surface area contributed by atoms with Crippen molar-refractivity contribution in [1.29, 1.82) is 0 Å². The monoisotopic (exact) mass is 384 g/mol. The van der Waals surface area contributed by atoms with E-state index in [1.165, 1.54) is 0 Å². The van der Waals surface area contributed by atoms with Crippen LogP contribution in [0.2, 0.25) is 0 Å². The van der Waals surface area contributed by atoms with Crippen LogP contribution in [0.3, 0.4) is 0 Å². The zero-order valence-corrected chi connectivity index (χ0v) is 17.0. The van der Waals surface area contributed by atoms with Crippen molar-refractivity contribution in [2.75, 3.05) is 38.7 Å². The second kappa shape index (κ2) is 11.3. The molecule has 0 saturated heterocycles. The van der Waals surface area contributed by atoms with Gasteiger partial charge in [0.25, 0.3) is 0 Å². The second-order valence-electron chi connectivity index (χ2n) is 6.81. The summed E-state index contributed by atoms with van der Waals surface area (Å²) in [5, 5.41) is 20.5. The molecule has 2 aromatic rings. The van der Waals surface area contributed by atoms with Crippen molar-refractivity contribution in [1.82, 2.24) is 10.6 Å². The van der Waals surface area contributed by atoms with Gasteiger partial charge in [-0.3, -0.25) is 0 Å². The Morgan fingerprint density at radius 1 is 1.07 bits per heavy atom. The smallest absolute Gasteiger partial charge is 0.191 e. The van der Waals surface area contributed by atoms with Gasteiger partial charge in [-0.1, -0.05) is 42.5 Å². The minimum Gasteiger partial charge on any atom is -0.384 e. The maximum atomic E-state index is 10.7. The van der Waals surface area contributed by atoms with E-state index in [1.54, 1.807) is 14.0 Å². The maximum Gasteiger partial charge on any atom is 0.191 e. The molecule has 28 heavy (non-hydrogen) atoms. The van der Waals surface area contributed by atoms with E-state index in [0.29, 0.717) is 25.7 Å². The summed E-state index contributed by atoms with van der Waals surface area (Å²) < 4.78 is 5.04. The topological polar surface area (TPSA) is 77.9 Å². The molecular weight excluding hydrogens is 352 g/mol. The van der Waals surface area contributed by atoms with E-state index in [2.05, 4.69) is 33.1 Å². The zero-order valence-electron chi connectivity index (χ0n) is 17.0. The Kier molecular flexibility index (Phi) is 8.78. The van der Waals surface area contributed by atoms with Crippen LogP contribution in [0.4, 0.5) is 5.69 Å². The van der Waals surface area contributed by atoms with Gasteiger partial charge in [0.05, 0.1) is 19.7 Å². The quantitative estimate of drug-likeness (QED) is 0.288. The lowest BCUT2D eigenvalue weighted by Crippen LogP contribution is -2.44. The molecule has 0 aliphatic heterocycles. The molecule has 0 heterocycles. The number of guanidine groups is 1. The van der Waals surface area contributed by atoms with Crippen molar-refractivity contribution in [3.63, 3.8) is 0 Å². The summed E-state index contributed by atoms with van der Waals surface area (Å²) in [6, 6.07) is 17.8. The lowest BCUT2D eigenvalue weighted by Gasteiger charge is -2.25. The van der Waals surface area contributed by atoms with Crippen LogP contribution in [-0.4, -0.2) is 44.4 Å². The number of benzene rings is 2. The molecule has 2 aromatic carbocycles. The predicted octanol–water partition coefficient (Wildman–Crippen LogP) is 2.71. The summed E-state index contributed by atoms with van der Waals surface area (Å²) in [6.07, 6.45) is 0. The summed E-state index contributed by atoms with van der Waals surface area (Å²) in [4.78, 5) is 4.63. The van der Waals surface area contributed by atoms with E-state index >= 15 is 0 Å². The highest BCUT2D eigenvalue weighted by Crippen LogP contribution is 2.18. The van der Waals surface area contributed by atoms with Crippen molar-refractivity contribution >= 4 is 11.6 Å². The molecule has 1 unspecified atom stereocenters. The van der Waals surface area contributed by atoms with Gasteiger partial charge in [-0.05, 0) is 37.1 Å². The Balaban J connectivity index is 1.92. The molecule has 1 atom stereocenters. The van der Waals surface area contributed by atoms with Crippen LogP contribution in [-0.2, 0) is 16.9 Å². The van der Waals surface area contributed by atoms with Gasteiger partial charge in [0.2, 0.25) is 0 Å². The Hall–Kier alpha value is -2.57. The third-order valence-corrected chi connectivity index (χ3v) is 4.35. The summed E-state index contributed by atoms with van der Waals surface area (Å²) in [5.74, 6) is 0.681. The second-order valence-corrected chi connectivity index (χ2v) is 6.81. The highest BCUT2D eigenvalue weighted by Gasteiger charge is 2.22. The fourth-order valence-electron chi connectivity index (χ4n) is 2.69. The van der Waals surface area contributed by atoms with Crippen LogP contribution in [0.25, 0.3) is 0 Å². The number of nitrogens with zero attached hydrogens (tertiary/aromatic N) is 1. The molecule has 6 heteroatoms. The molecule has 0 spiro atoms. The molecular formula is C22H32N4O2. The van der Waals surface area contributed by atoms with Gasteiger partial charge in [0.1, 0.15) is 5.60 Å². The maximum absolute atomic E-state index is 10.7. The fourth-order valence-corrected chi connectivity index (χ4v) is 2.69. The molecule has 0 bridgehead atoms. The summed E-state index contributed by atoms with van der Waals surface area (Å²) in [7, 11) is 1.69. The summed E-state index contributed by atoms with van der Waals surface area (Å²) in [6.45, 7) is 6.95. The van der Waals surface area contributed by atoms with E-state index in [-0.39, 0.29) is 0 Å². The van der Waals surface area contributed by atoms with Crippen molar-refractivity contribution in [3.05, 3.63) is 65.7 Å². The Morgan fingerprint density at radius 3 is 2.43 bits per heavy atom. The number of aliphatic hydroxyl groups is 1. The number of aliphatic imine (C=N–C) groups is 1. The molecule has 0 aromatic heterocycles. The molecule has 0 aliphatic rings. The molecule has 6 nitrogen and oxygen atoms in total. The molecule has 0 amide bonds. The summed E-state index contributed by atoms with van der Waals surface area (Å²) in [5.41, 5.74) is 2.07. The molecule has 0 aliphatic carbocycles. The Morgan fingerprint density at radius 2 is 1.79 bits per heavy atom. The first kappa shape index (κ1) is 21.7. The van der Waals surface area contributed by atoms with Crippen LogP contribution in [0.5, 0.6) is 0 Å². The van der Waals surface area contributed by atoms with Gasteiger partial charge >= 0.3 is 0 Å². The largest absolute Gasteiger partial charge is 0.384 e. The van der Waals surface area contributed by atoms with E-state index in [4.69, 9.17) is 4.74 Å². The molecule has 152 valence electrons. The lowest BCUT2D eigenvalue weighted by atomic mass is 9.96. The third kappa shape index (κ3) is 7.21. The van der Waals surface area contributed by atoms with Gasteiger partial charge in [0.15, 0.2) is 5.96 Å². The molecule has 2 rings (SSSR count). The van der Waals surface area contributed by atoms with Gasteiger partial charge in [-0.25, -0.2) is 4.99 Å². The van der Waals surface area contributed by atoms with Crippen molar-refractivity contribution < 1.29 is 9.84 Å². The van der Waals surface area contributed by atoms with Gasteiger partial charge in [-0.2, -0.15) is 0 Å². The SMILES string of the molecule is CCNC(=NCc1ccc(NCCOC)cc1)NCC(C)(O)c1ccccc1. The highest BCUT2D eigenvalue weighted by atomic mass is 16.5. The normalized spacial score (nSPS) is 13.6. The van der Waals surface area contributed by atoms with Crippen molar-refractivity contribution in [2.45, 2.75) is 26.0 Å². The van der Waals surface area contributed by atoms with Gasteiger partial charge < -0.3 is 25.8 Å². The van der Waals surface area contributed by atoms with E-state index in [9.17, 15) is 5.11 Å². The number of rotatable bonds is 10. The first-order chi connectivity index (χ1) is 13.5. The Labute approximate surface area is 168 Å². The molecule has 0 fully saturated rings. The van der Waals surface area contributed by atoms with E-state index in [1.807, 2.05) is 49.4 Å². The first-order valence-corrected chi connectivity index (χ1v) is 9.67. The minimum atomic E-state index is -0.979. The Bertz CT molecular complexity index is 715. The van der Waals surface area contributed by atoms with Crippen LogP contribution in [0.15, 0.2) is 59.6 Å². The van der Waals surface area contributed by atoms with Gasteiger partial charge in [0, 0.05) is 25.9 Å². The minimum absolute atomic E-state index is 0.366. The lowest BCUT2D eigenvalue weighted by molar-refractivity contribution is 0.0617. The summed E-state index contributed by atoms with van der Waals surface area (Å²) >= 11 is 0. The number of methoxy groups -OCH3 is 1. The van der Waals surface area contributed by atoms with Crippen LogP contribution >= 0.6 is 0 Å². The zero-order chi connectivity index (χ0) is 20.2. The number of anilines is 1. The van der Waals surface area contributed by atoms with Crippen LogP contribution < -0.4 is 16.0 Å². The first-order valence-electron chi connectivity index (χ1n) is 9.67. The van der Waals surface area contributed by atoms with Crippen molar-refractivity contribution in [2.24, 2.45) is 4.99 Å². The van der Waals surface area contributed by atoms with Gasteiger partial charge in [-0.15, -0.1) is 0 Å². The van der Waals surface area contributed by atoms with Crippen molar-refractivity contribution in [3.8, 4) is 0 Å². The number of ether oxygens (including phenoxy) is 1. The number of nitrogens with one attached hydrogen (secondary N) is 3. The van der Waals surface area contributed by atoms with Crippen LogP contribution in [0, 0.1) is 0 Å². The number of hydrogen-bond donors (Lipinski definition) is 4. The highest BCUT2D eigenvalue weighted by molar-refractivity contribution is 5.79. The standard InChI is InChI=1S/C22H32N4O2/c1-4-23-21(26-17-22(2,27)19-8-6-5-7-9-19)25-16-18-10-12-20(13-11-18)24-14-15-28-3/h5-13,24,27H,4,14-17H2,1-3H3,(H2,23,25,26). The van der Waals surface area contributed by atoms with E-state index in [0.717, 1.165) is 29.9 Å². The average molecular weight is 385 g/mol. The fraction of sp³-hybridized carbons (Fsp3) is 0.409. The third-order valence-electron chi connectivity index (χ3n) is 4.35. The molecule has 0 saturated carbocycles.